The lowest BCUT2D eigenvalue weighted by atomic mass is 10.2. The predicted molar refractivity (Wildman–Crippen MR) is 88.4 cm³/mol. The van der Waals surface area contributed by atoms with Gasteiger partial charge in [0.2, 0.25) is 5.95 Å². The van der Waals surface area contributed by atoms with E-state index in [1.165, 1.54) is 4.90 Å². The maximum atomic E-state index is 6.11. The van der Waals surface area contributed by atoms with Gasteiger partial charge in [-0.25, -0.2) is 4.98 Å². The quantitative estimate of drug-likeness (QED) is 0.746. The molecule has 2 N–H and O–H groups in total. The van der Waals surface area contributed by atoms with Crippen molar-refractivity contribution in [3.8, 4) is 11.4 Å². The van der Waals surface area contributed by atoms with Crippen molar-refractivity contribution in [3.05, 3.63) is 42.5 Å². The van der Waals surface area contributed by atoms with E-state index in [1.54, 1.807) is 11.8 Å². The molecule has 2 aromatic carbocycles. The van der Waals surface area contributed by atoms with Crippen LogP contribution in [0.5, 0.6) is 5.75 Å². The number of anilines is 1. The summed E-state index contributed by atoms with van der Waals surface area (Å²) in [6.45, 7) is 2.56. The Morgan fingerprint density at radius 2 is 1.95 bits per heavy atom. The molecule has 0 unspecified atom stereocenters. The molecule has 1 heterocycles. The van der Waals surface area contributed by atoms with Crippen molar-refractivity contribution in [2.75, 3.05) is 18.6 Å². The summed E-state index contributed by atoms with van der Waals surface area (Å²) in [7, 11) is 0. The van der Waals surface area contributed by atoms with Crippen LogP contribution in [0.15, 0.2) is 47.4 Å². The molecule has 0 amide bonds. The van der Waals surface area contributed by atoms with Gasteiger partial charge in [-0.2, -0.15) is 0 Å². The second kappa shape index (κ2) is 5.69. The molecule has 0 saturated heterocycles. The van der Waals surface area contributed by atoms with Crippen molar-refractivity contribution in [2.45, 2.75) is 11.8 Å². The van der Waals surface area contributed by atoms with Crippen molar-refractivity contribution in [1.82, 2.24) is 9.55 Å². The standard InChI is InChI=1S/C16H17N3OS/c1-3-20-14-6-4-5-13-15(14)18-16(17)19(13)11-7-9-12(21-2)10-8-11/h4-10H,3H2,1-2H3,(H2,17,18). The van der Waals surface area contributed by atoms with Gasteiger partial charge in [-0.1, -0.05) is 6.07 Å². The van der Waals surface area contributed by atoms with Crippen LogP contribution >= 0.6 is 11.8 Å². The molecule has 0 bridgehead atoms. The number of hydrogen-bond donors (Lipinski definition) is 1. The maximum absolute atomic E-state index is 6.11. The minimum Gasteiger partial charge on any atom is -0.492 e. The Labute approximate surface area is 127 Å². The summed E-state index contributed by atoms with van der Waals surface area (Å²) >= 11 is 1.72. The largest absolute Gasteiger partial charge is 0.492 e. The Bertz CT molecular complexity index is 765. The lowest BCUT2D eigenvalue weighted by Crippen LogP contribution is -2.00. The van der Waals surface area contributed by atoms with Crippen LogP contribution in [0.2, 0.25) is 0 Å². The van der Waals surface area contributed by atoms with Gasteiger partial charge in [0.1, 0.15) is 11.3 Å². The number of aromatic nitrogens is 2. The summed E-state index contributed by atoms with van der Waals surface area (Å²) in [5, 5.41) is 0. The Morgan fingerprint density at radius 3 is 2.62 bits per heavy atom. The second-order valence-corrected chi connectivity index (χ2v) is 5.44. The normalized spacial score (nSPS) is 11.0. The lowest BCUT2D eigenvalue weighted by Gasteiger charge is -2.08. The monoisotopic (exact) mass is 299 g/mol. The minimum absolute atomic E-state index is 0.467. The fourth-order valence-corrected chi connectivity index (χ4v) is 2.77. The van der Waals surface area contributed by atoms with Crippen LogP contribution in [0.3, 0.4) is 0 Å². The van der Waals surface area contributed by atoms with Crippen molar-refractivity contribution >= 4 is 28.7 Å². The van der Waals surface area contributed by atoms with Crippen LogP contribution in [-0.2, 0) is 0 Å². The van der Waals surface area contributed by atoms with Crippen molar-refractivity contribution in [2.24, 2.45) is 0 Å². The van der Waals surface area contributed by atoms with E-state index in [2.05, 4.69) is 35.5 Å². The summed E-state index contributed by atoms with van der Waals surface area (Å²) in [5.41, 5.74) is 8.86. The summed E-state index contributed by atoms with van der Waals surface area (Å²) in [5.74, 6) is 1.23. The molecular weight excluding hydrogens is 282 g/mol. The fourth-order valence-electron chi connectivity index (χ4n) is 2.37. The zero-order chi connectivity index (χ0) is 14.8. The average molecular weight is 299 g/mol. The van der Waals surface area contributed by atoms with E-state index in [4.69, 9.17) is 10.5 Å². The van der Waals surface area contributed by atoms with E-state index in [1.807, 2.05) is 29.7 Å². The lowest BCUT2D eigenvalue weighted by molar-refractivity contribution is 0.344. The number of rotatable bonds is 4. The molecule has 21 heavy (non-hydrogen) atoms. The van der Waals surface area contributed by atoms with Crippen LogP contribution in [0.25, 0.3) is 16.7 Å². The predicted octanol–water partition coefficient (Wildman–Crippen LogP) is 3.73. The first-order valence-electron chi connectivity index (χ1n) is 6.78. The van der Waals surface area contributed by atoms with E-state index in [-0.39, 0.29) is 0 Å². The van der Waals surface area contributed by atoms with E-state index >= 15 is 0 Å². The molecule has 1 aromatic heterocycles. The Morgan fingerprint density at radius 1 is 1.19 bits per heavy atom. The van der Waals surface area contributed by atoms with Crippen LogP contribution in [0.1, 0.15) is 6.92 Å². The summed E-state index contributed by atoms with van der Waals surface area (Å²) in [6, 6.07) is 14.1. The molecule has 0 saturated carbocycles. The highest BCUT2D eigenvalue weighted by Gasteiger charge is 2.13. The molecule has 4 nitrogen and oxygen atoms in total. The topological polar surface area (TPSA) is 53.1 Å². The molecule has 0 fully saturated rings. The Kier molecular flexibility index (Phi) is 3.75. The van der Waals surface area contributed by atoms with Gasteiger partial charge in [0.25, 0.3) is 0 Å². The SMILES string of the molecule is CCOc1cccc2c1nc(N)n2-c1ccc(SC)cc1. The second-order valence-electron chi connectivity index (χ2n) is 4.56. The highest BCUT2D eigenvalue weighted by atomic mass is 32.2. The molecule has 0 radical (unpaired) electrons. The number of nitrogens with two attached hydrogens (primary N) is 1. The van der Waals surface area contributed by atoms with Gasteiger partial charge >= 0.3 is 0 Å². The first-order valence-corrected chi connectivity index (χ1v) is 8.01. The minimum atomic E-state index is 0.467. The van der Waals surface area contributed by atoms with Gasteiger partial charge in [-0.15, -0.1) is 11.8 Å². The average Bonchev–Trinajstić information content (AvgIpc) is 2.85. The van der Waals surface area contributed by atoms with Gasteiger partial charge in [0.05, 0.1) is 12.1 Å². The Balaban J connectivity index is 2.17. The zero-order valence-electron chi connectivity index (χ0n) is 12.0. The van der Waals surface area contributed by atoms with Gasteiger partial charge in [0, 0.05) is 10.6 Å². The van der Waals surface area contributed by atoms with Crippen LogP contribution in [-0.4, -0.2) is 22.4 Å². The van der Waals surface area contributed by atoms with Gasteiger partial charge < -0.3 is 10.5 Å². The van der Waals surface area contributed by atoms with Crippen molar-refractivity contribution in [3.63, 3.8) is 0 Å². The van der Waals surface area contributed by atoms with E-state index in [0.717, 1.165) is 22.5 Å². The number of fused-ring (bicyclic) bond motifs is 1. The molecule has 0 atom stereocenters. The number of hydrogen-bond acceptors (Lipinski definition) is 4. The number of benzene rings is 2. The van der Waals surface area contributed by atoms with Crippen LogP contribution in [0, 0.1) is 0 Å². The highest BCUT2D eigenvalue weighted by Crippen LogP contribution is 2.30. The van der Waals surface area contributed by atoms with Gasteiger partial charge in [-0.3, -0.25) is 4.57 Å². The van der Waals surface area contributed by atoms with E-state index < -0.39 is 0 Å². The molecule has 108 valence electrons. The van der Waals surface area contributed by atoms with Crippen LogP contribution in [0.4, 0.5) is 5.95 Å². The van der Waals surface area contributed by atoms with E-state index in [9.17, 15) is 0 Å². The first kappa shape index (κ1) is 13.8. The number of nitrogens with zero attached hydrogens (tertiary/aromatic N) is 2. The number of imidazole rings is 1. The van der Waals surface area contributed by atoms with Crippen LogP contribution < -0.4 is 10.5 Å². The molecule has 3 aromatic rings. The third-order valence-corrected chi connectivity index (χ3v) is 4.05. The zero-order valence-corrected chi connectivity index (χ0v) is 12.9. The molecule has 0 aliphatic rings. The Hall–Kier alpha value is -2.14. The number of ether oxygens (including phenoxy) is 1. The van der Waals surface area contributed by atoms with Gasteiger partial charge in [-0.05, 0) is 49.6 Å². The number of nitrogen functional groups attached to an aromatic ring is 1. The summed E-state index contributed by atoms with van der Waals surface area (Å²) in [4.78, 5) is 5.68. The molecule has 0 spiro atoms. The summed E-state index contributed by atoms with van der Waals surface area (Å²) < 4.78 is 7.57. The molecular formula is C16H17N3OS. The molecule has 0 aliphatic heterocycles. The third-order valence-electron chi connectivity index (χ3n) is 3.30. The molecule has 5 heteroatoms. The maximum Gasteiger partial charge on any atom is 0.206 e. The van der Waals surface area contributed by atoms with Gasteiger partial charge in [0.15, 0.2) is 0 Å². The number of thioether (sulfide) groups is 1. The third kappa shape index (κ3) is 2.45. The van der Waals surface area contributed by atoms with Crippen molar-refractivity contribution in [1.29, 1.82) is 0 Å². The summed E-state index contributed by atoms with van der Waals surface area (Å²) in [6.07, 6.45) is 2.06. The molecule has 3 rings (SSSR count). The fraction of sp³-hybridized carbons (Fsp3) is 0.188. The smallest absolute Gasteiger partial charge is 0.206 e. The van der Waals surface area contributed by atoms with E-state index in [0.29, 0.717) is 12.6 Å². The molecule has 0 aliphatic carbocycles. The highest BCUT2D eigenvalue weighted by molar-refractivity contribution is 7.98. The first-order chi connectivity index (χ1) is 10.2. The number of para-hydroxylation sites is 1. The van der Waals surface area contributed by atoms with Crippen molar-refractivity contribution < 1.29 is 4.74 Å².